The number of thioether (sulfide) groups is 1. The lowest BCUT2D eigenvalue weighted by atomic mass is 9.81. The van der Waals surface area contributed by atoms with Gasteiger partial charge in [-0.15, -0.1) is 0 Å². The number of carboxylic acid groups (broad SMARTS) is 1. The Bertz CT molecular complexity index is 1620. The molecule has 2 fully saturated rings. The van der Waals surface area contributed by atoms with E-state index in [1.165, 1.54) is 16.7 Å². The Labute approximate surface area is 281 Å². The molecular formula is C33H36Cl2FN5O4S. The lowest BCUT2D eigenvalue weighted by Gasteiger charge is -2.37. The monoisotopic (exact) mass is 687 g/mol. The summed E-state index contributed by atoms with van der Waals surface area (Å²) >= 11 is 13.9. The van der Waals surface area contributed by atoms with E-state index in [0.717, 1.165) is 16.8 Å². The summed E-state index contributed by atoms with van der Waals surface area (Å²) in [4.78, 5) is 50.4. The van der Waals surface area contributed by atoms with Gasteiger partial charge in [0.1, 0.15) is 22.7 Å². The van der Waals surface area contributed by atoms with E-state index in [-0.39, 0.29) is 42.9 Å². The first-order valence-corrected chi connectivity index (χ1v) is 16.9. The van der Waals surface area contributed by atoms with Gasteiger partial charge in [0.15, 0.2) is 5.17 Å². The fourth-order valence-corrected chi connectivity index (χ4v) is 8.80. The van der Waals surface area contributed by atoms with Gasteiger partial charge in [-0.2, -0.15) is 0 Å². The molecule has 9 nitrogen and oxygen atoms in total. The van der Waals surface area contributed by atoms with Gasteiger partial charge in [-0.3, -0.25) is 9.59 Å². The average Bonchev–Trinajstić information content (AvgIpc) is 3.74. The van der Waals surface area contributed by atoms with Gasteiger partial charge in [-0.05, 0) is 79.8 Å². The highest BCUT2D eigenvalue weighted by Gasteiger charge is 2.54. The lowest BCUT2D eigenvalue weighted by Crippen LogP contribution is -2.50. The van der Waals surface area contributed by atoms with Crippen molar-refractivity contribution in [1.82, 2.24) is 20.0 Å². The van der Waals surface area contributed by atoms with Crippen molar-refractivity contribution in [2.24, 2.45) is 10.9 Å². The fourth-order valence-electron chi connectivity index (χ4n) is 7.20. The number of amidine groups is 1. The van der Waals surface area contributed by atoms with Crippen LogP contribution in [0.5, 0.6) is 0 Å². The molecule has 2 aromatic carbocycles. The van der Waals surface area contributed by atoms with Crippen molar-refractivity contribution in [3.63, 3.8) is 0 Å². The molecule has 3 amide bonds. The molecular weight excluding hydrogens is 652 g/mol. The molecule has 0 saturated carbocycles. The van der Waals surface area contributed by atoms with Crippen molar-refractivity contribution in [3.05, 3.63) is 80.3 Å². The molecule has 2 N–H and O–H groups in total. The first-order chi connectivity index (χ1) is 21.8. The molecule has 2 saturated heterocycles. The highest BCUT2D eigenvalue weighted by atomic mass is 35.5. The van der Waals surface area contributed by atoms with Crippen LogP contribution in [-0.4, -0.2) is 80.3 Å². The topological polar surface area (TPSA) is 106 Å². The predicted molar refractivity (Wildman–Crippen MR) is 177 cm³/mol. The molecule has 0 aromatic heterocycles. The summed E-state index contributed by atoms with van der Waals surface area (Å²) in [6.45, 7) is 7.79. The third kappa shape index (κ3) is 5.64. The van der Waals surface area contributed by atoms with Crippen molar-refractivity contribution < 1.29 is 23.9 Å². The number of amides is 3. The maximum atomic E-state index is 14.7. The number of hydrogen-bond acceptors (Lipinski definition) is 6. The summed E-state index contributed by atoms with van der Waals surface area (Å²) in [7, 11) is 0. The van der Waals surface area contributed by atoms with Crippen LogP contribution >= 0.6 is 35.0 Å². The number of nitrogens with zero attached hydrogens (tertiary/aromatic N) is 4. The summed E-state index contributed by atoms with van der Waals surface area (Å²) in [5, 5.41) is 13.2. The summed E-state index contributed by atoms with van der Waals surface area (Å²) in [6, 6.07) is 13.0. The molecule has 4 aliphatic heterocycles. The molecule has 4 heterocycles. The highest BCUT2D eigenvalue weighted by molar-refractivity contribution is 8.18. The zero-order chi connectivity index (χ0) is 33.1. The molecule has 4 aliphatic rings. The molecule has 46 heavy (non-hydrogen) atoms. The molecule has 0 unspecified atom stereocenters. The Morgan fingerprint density at radius 2 is 1.67 bits per heavy atom. The Morgan fingerprint density at radius 1 is 1.04 bits per heavy atom. The van der Waals surface area contributed by atoms with E-state index in [2.05, 4.69) is 17.1 Å². The van der Waals surface area contributed by atoms with Gasteiger partial charge in [-0.1, -0.05) is 61.3 Å². The minimum atomic E-state index is -1.52. The number of likely N-dealkylation sites (tertiary alicyclic amines) is 2. The maximum absolute atomic E-state index is 14.7. The molecule has 0 bridgehead atoms. The lowest BCUT2D eigenvalue weighted by molar-refractivity contribution is -0.142. The van der Waals surface area contributed by atoms with E-state index >= 15 is 0 Å². The average molecular weight is 689 g/mol. The Kier molecular flexibility index (Phi) is 8.80. The van der Waals surface area contributed by atoms with E-state index in [4.69, 9.17) is 33.3 Å². The quantitative estimate of drug-likeness (QED) is 0.363. The van der Waals surface area contributed by atoms with Gasteiger partial charge in [0.25, 0.3) is 5.91 Å². The van der Waals surface area contributed by atoms with Crippen LogP contribution < -0.4 is 5.32 Å². The summed E-state index contributed by atoms with van der Waals surface area (Å²) in [5.74, 6) is -0.687. The molecule has 2 aromatic rings. The third-order valence-electron chi connectivity index (χ3n) is 9.42. The van der Waals surface area contributed by atoms with Crippen LogP contribution in [0.4, 0.5) is 9.18 Å². The molecule has 0 aliphatic carbocycles. The van der Waals surface area contributed by atoms with Gasteiger partial charge >= 0.3 is 6.09 Å². The van der Waals surface area contributed by atoms with E-state index in [1.807, 2.05) is 69.3 Å². The third-order valence-corrected chi connectivity index (χ3v) is 11.0. The number of aliphatic imine (C=N–C) groups is 1. The fraction of sp³-hybridized carbons (Fsp3) is 0.455. The molecule has 6 rings (SSSR count). The van der Waals surface area contributed by atoms with Crippen molar-refractivity contribution in [1.29, 1.82) is 0 Å². The van der Waals surface area contributed by atoms with Crippen LogP contribution in [-0.2, 0) is 15.1 Å². The normalized spacial score (nSPS) is 29.1. The van der Waals surface area contributed by atoms with Crippen molar-refractivity contribution in [2.75, 3.05) is 13.1 Å². The smallest absolute Gasteiger partial charge is 0.405 e. The molecule has 244 valence electrons. The summed E-state index contributed by atoms with van der Waals surface area (Å²) < 4.78 is 14.7. The largest absolute Gasteiger partial charge is 0.465 e. The standard InChI is InChI=1S/C33H36Cl2FN5O4S/c1-17(2)26-27(30(43)40-18(3)5-14-25(40)29(42)39-15-23(36)24(16-39)37-32(44)45)46-31-38-33(4,20-8-12-22(35)13-9-20)28(41(26)31)19-6-10-21(34)11-7-19/h6-13,17-18,23-25,28,37H,5,14-16H2,1-4H3,(H,44,45)/t18-,23-,24+,25-,28-,33+/m1/s1. The minimum Gasteiger partial charge on any atom is -0.465 e. The molecule has 6 atom stereocenters. The van der Waals surface area contributed by atoms with Crippen LogP contribution in [0, 0.1) is 5.92 Å². The zero-order valence-electron chi connectivity index (χ0n) is 25.9. The van der Waals surface area contributed by atoms with Crippen LogP contribution in [0.1, 0.15) is 57.7 Å². The number of benzene rings is 2. The van der Waals surface area contributed by atoms with Crippen LogP contribution in [0.15, 0.2) is 64.1 Å². The van der Waals surface area contributed by atoms with Gasteiger partial charge in [0, 0.05) is 28.3 Å². The van der Waals surface area contributed by atoms with Crippen LogP contribution in [0.3, 0.4) is 0 Å². The van der Waals surface area contributed by atoms with Crippen LogP contribution in [0.2, 0.25) is 10.0 Å². The van der Waals surface area contributed by atoms with Crippen molar-refractivity contribution in [3.8, 4) is 0 Å². The summed E-state index contributed by atoms with van der Waals surface area (Å²) in [6.07, 6.45) is -1.80. The molecule has 0 radical (unpaired) electrons. The van der Waals surface area contributed by atoms with Crippen LogP contribution in [0.25, 0.3) is 0 Å². The SMILES string of the molecule is CC(C)C1=C(C(=O)N2[C@H](C)CC[C@@H]2C(=O)N2C[C@@H](F)[C@@H](NC(=O)O)C2)SC2=N[C@@](C)(c3ccc(Cl)cc3)[C@@H](c3ccc(Cl)cc3)N21. The molecule has 13 heteroatoms. The van der Waals surface area contributed by atoms with Gasteiger partial charge in [0.2, 0.25) is 5.91 Å². The number of halogens is 3. The van der Waals surface area contributed by atoms with Gasteiger partial charge in [-0.25, -0.2) is 14.2 Å². The maximum Gasteiger partial charge on any atom is 0.405 e. The summed E-state index contributed by atoms with van der Waals surface area (Å²) in [5.41, 5.74) is 2.07. The Balaban J connectivity index is 1.36. The number of hydrogen-bond donors (Lipinski definition) is 2. The first-order valence-electron chi connectivity index (χ1n) is 15.4. The highest BCUT2D eigenvalue weighted by Crippen LogP contribution is 2.56. The van der Waals surface area contributed by atoms with Gasteiger partial charge in [0.05, 0.1) is 18.6 Å². The number of nitrogens with one attached hydrogen (secondary N) is 1. The number of carbonyl (C=O) groups is 3. The minimum absolute atomic E-state index is 0.0673. The Hall–Kier alpha value is -3.28. The number of allylic oxidation sites excluding steroid dienone is 1. The number of carbonyl (C=O) groups excluding carboxylic acids is 2. The number of fused-ring (bicyclic) bond motifs is 1. The second-order valence-electron chi connectivity index (χ2n) is 12.8. The second-order valence-corrected chi connectivity index (χ2v) is 14.7. The van der Waals surface area contributed by atoms with E-state index in [9.17, 15) is 18.8 Å². The van der Waals surface area contributed by atoms with Gasteiger partial charge < -0.3 is 25.1 Å². The first kappa shape index (κ1) is 32.7. The number of alkyl halides is 1. The van der Waals surface area contributed by atoms with E-state index in [0.29, 0.717) is 33.0 Å². The van der Waals surface area contributed by atoms with Crippen molar-refractivity contribution in [2.45, 2.75) is 76.4 Å². The predicted octanol–water partition coefficient (Wildman–Crippen LogP) is 6.43. The van der Waals surface area contributed by atoms with E-state index < -0.39 is 29.9 Å². The second kappa shape index (κ2) is 12.4. The van der Waals surface area contributed by atoms with Crippen molar-refractivity contribution >= 4 is 58.0 Å². The molecule has 0 spiro atoms. The Morgan fingerprint density at radius 3 is 2.28 bits per heavy atom. The van der Waals surface area contributed by atoms with E-state index in [1.54, 1.807) is 4.90 Å². The number of rotatable bonds is 6. The zero-order valence-corrected chi connectivity index (χ0v) is 28.2.